The third kappa shape index (κ3) is 4.91. The van der Waals surface area contributed by atoms with E-state index in [4.69, 9.17) is 9.47 Å². The number of esters is 1. The second-order valence-electron chi connectivity index (χ2n) is 8.29. The molecule has 1 heterocycles. The van der Waals surface area contributed by atoms with Crippen molar-refractivity contribution in [3.05, 3.63) is 64.8 Å². The number of aromatic nitrogens is 1. The quantitative estimate of drug-likeness (QED) is 0.462. The van der Waals surface area contributed by atoms with Crippen LogP contribution in [0, 0.1) is 13.8 Å². The summed E-state index contributed by atoms with van der Waals surface area (Å²) in [5.74, 6) is -0.679. The lowest BCUT2D eigenvalue weighted by molar-refractivity contribution is -0.166. The van der Waals surface area contributed by atoms with Crippen molar-refractivity contribution in [2.75, 3.05) is 7.11 Å². The predicted octanol–water partition coefficient (Wildman–Crippen LogP) is 4.98. The smallest absolute Gasteiger partial charge is 0.416 e. The van der Waals surface area contributed by atoms with E-state index < -0.39 is 33.3 Å². The minimum atomic E-state index is -4.59. The molecule has 6 nitrogen and oxygen atoms in total. The molecule has 0 radical (unpaired) electrons. The summed E-state index contributed by atoms with van der Waals surface area (Å²) in [4.78, 5) is 12.0. The van der Waals surface area contributed by atoms with Gasteiger partial charge in [-0.25, -0.2) is 17.2 Å². The van der Waals surface area contributed by atoms with Gasteiger partial charge in [0, 0.05) is 5.39 Å². The lowest BCUT2D eigenvalue weighted by Gasteiger charge is -2.22. The SMILES string of the molecule is COC(=O)C(C)(C)OCc1cc2cc(C(F)(F)F)ccc2n1S(=O)(=O)c1cc(C)cc(C)c1. The largest absolute Gasteiger partial charge is 0.467 e. The summed E-state index contributed by atoms with van der Waals surface area (Å²) in [5.41, 5.74) is -0.741. The maximum Gasteiger partial charge on any atom is 0.416 e. The second-order valence-corrected chi connectivity index (χ2v) is 10.1. The van der Waals surface area contributed by atoms with Gasteiger partial charge in [-0.3, -0.25) is 0 Å². The number of alkyl halides is 3. The zero-order valence-electron chi connectivity index (χ0n) is 18.8. The number of halogens is 3. The van der Waals surface area contributed by atoms with E-state index in [-0.39, 0.29) is 28.1 Å². The van der Waals surface area contributed by atoms with Crippen molar-refractivity contribution < 1.29 is 35.9 Å². The van der Waals surface area contributed by atoms with Gasteiger partial charge in [0.05, 0.1) is 35.4 Å². The van der Waals surface area contributed by atoms with Crippen molar-refractivity contribution in [2.45, 2.75) is 51.0 Å². The molecule has 0 aliphatic rings. The summed E-state index contributed by atoms with van der Waals surface area (Å²) in [6, 6.07) is 8.94. The molecule has 3 aromatic rings. The number of nitrogens with zero attached hydrogens (tertiary/aromatic N) is 1. The van der Waals surface area contributed by atoms with Crippen LogP contribution in [0.2, 0.25) is 0 Å². The number of ether oxygens (including phenoxy) is 2. The molecule has 3 rings (SSSR count). The van der Waals surface area contributed by atoms with Crippen LogP contribution >= 0.6 is 0 Å². The lowest BCUT2D eigenvalue weighted by Crippen LogP contribution is -2.36. The molecule has 0 aliphatic heterocycles. The summed E-state index contributed by atoms with van der Waals surface area (Å²) >= 11 is 0. The molecule has 0 aliphatic carbocycles. The number of methoxy groups -OCH3 is 1. The van der Waals surface area contributed by atoms with E-state index in [1.54, 1.807) is 13.8 Å². The van der Waals surface area contributed by atoms with E-state index in [0.717, 1.165) is 22.2 Å². The van der Waals surface area contributed by atoms with Gasteiger partial charge in [-0.1, -0.05) is 6.07 Å². The summed E-state index contributed by atoms with van der Waals surface area (Å²) in [7, 11) is -3.01. The Morgan fingerprint density at radius 3 is 2.15 bits per heavy atom. The molecule has 178 valence electrons. The second kappa shape index (κ2) is 8.49. The highest BCUT2D eigenvalue weighted by molar-refractivity contribution is 7.90. The fourth-order valence-electron chi connectivity index (χ4n) is 3.55. The molecule has 0 unspecified atom stereocenters. The molecular formula is C23H24F3NO5S. The van der Waals surface area contributed by atoms with Crippen molar-refractivity contribution in [2.24, 2.45) is 0 Å². The van der Waals surface area contributed by atoms with E-state index in [0.29, 0.717) is 11.1 Å². The van der Waals surface area contributed by atoms with Gasteiger partial charge in [-0.15, -0.1) is 0 Å². The van der Waals surface area contributed by atoms with Gasteiger partial charge < -0.3 is 9.47 Å². The molecule has 0 spiro atoms. The molecule has 10 heteroatoms. The molecule has 0 amide bonds. The number of aryl methyl sites for hydroxylation is 2. The first kappa shape index (κ1) is 24.8. The average molecular weight is 484 g/mol. The minimum Gasteiger partial charge on any atom is -0.467 e. The Hall–Kier alpha value is -2.85. The number of rotatable bonds is 6. The molecule has 0 fully saturated rings. The maximum absolute atomic E-state index is 13.6. The summed E-state index contributed by atoms with van der Waals surface area (Å²) < 4.78 is 78.3. The predicted molar refractivity (Wildman–Crippen MR) is 116 cm³/mol. The highest BCUT2D eigenvalue weighted by Gasteiger charge is 2.33. The van der Waals surface area contributed by atoms with E-state index >= 15 is 0 Å². The molecule has 0 bridgehead atoms. The van der Waals surface area contributed by atoms with Crippen molar-refractivity contribution in [1.82, 2.24) is 3.97 Å². The molecule has 0 atom stereocenters. The fraction of sp³-hybridized carbons (Fsp3) is 0.348. The van der Waals surface area contributed by atoms with Crippen molar-refractivity contribution in [3.8, 4) is 0 Å². The highest BCUT2D eigenvalue weighted by Crippen LogP contribution is 2.34. The Labute approximate surface area is 190 Å². The van der Waals surface area contributed by atoms with Crippen LogP contribution in [-0.2, 0) is 37.1 Å². The van der Waals surface area contributed by atoms with Gasteiger partial charge in [0.15, 0.2) is 5.60 Å². The first-order chi connectivity index (χ1) is 15.2. The highest BCUT2D eigenvalue weighted by atomic mass is 32.2. The monoisotopic (exact) mass is 483 g/mol. The van der Waals surface area contributed by atoms with Crippen LogP contribution in [0.5, 0.6) is 0 Å². The third-order valence-corrected chi connectivity index (χ3v) is 6.89. The zero-order chi connectivity index (χ0) is 24.8. The number of fused-ring (bicyclic) bond motifs is 1. The Morgan fingerprint density at radius 1 is 1.00 bits per heavy atom. The van der Waals surface area contributed by atoms with Gasteiger partial charge in [-0.05, 0) is 75.2 Å². The molecule has 0 saturated heterocycles. The molecule has 0 saturated carbocycles. The first-order valence-electron chi connectivity index (χ1n) is 9.94. The van der Waals surface area contributed by atoms with E-state index in [2.05, 4.69) is 0 Å². The van der Waals surface area contributed by atoms with Crippen LogP contribution in [0.4, 0.5) is 13.2 Å². The Kier molecular flexibility index (Phi) is 6.38. The number of carbonyl (C=O) groups excluding carboxylic acids is 1. The maximum atomic E-state index is 13.6. The Balaban J connectivity index is 2.22. The van der Waals surface area contributed by atoms with Gasteiger partial charge in [-0.2, -0.15) is 13.2 Å². The van der Waals surface area contributed by atoms with Crippen LogP contribution in [-0.4, -0.2) is 31.1 Å². The zero-order valence-corrected chi connectivity index (χ0v) is 19.6. The van der Waals surface area contributed by atoms with Gasteiger partial charge in [0.1, 0.15) is 0 Å². The average Bonchev–Trinajstić information content (AvgIpc) is 3.08. The molecular weight excluding hydrogens is 459 g/mol. The topological polar surface area (TPSA) is 74.6 Å². The number of hydrogen-bond donors (Lipinski definition) is 0. The minimum absolute atomic E-state index is 0.00845. The number of carbonyl (C=O) groups is 1. The first-order valence-corrected chi connectivity index (χ1v) is 11.4. The fourth-order valence-corrected chi connectivity index (χ4v) is 5.27. The third-order valence-electron chi connectivity index (χ3n) is 5.15. The molecule has 2 aromatic carbocycles. The summed E-state index contributed by atoms with van der Waals surface area (Å²) in [6.45, 7) is 6.04. The van der Waals surface area contributed by atoms with E-state index in [1.807, 2.05) is 6.07 Å². The molecule has 0 N–H and O–H groups in total. The molecule has 33 heavy (non-hydrogen) atoms. The van der Waals surface area contributed by atoms with Crippen molar-refractivity contribution in [3.63, 3.8) is 0 Å². The van der Waals surface area contributed by atoms with Crippen LogP contribution in [0.3, 0.4) is 0 Å². The number of benzene rings is 2. The number of hydrogen-bond acceptors (Lipinski definition) is 5. The van der Waals surface area contributed by atoms with Gasteiger partial charge in [0.25, 0.3) is 10.0 Å². The standard InChI is InChI=1S/C23H24F3NO5S/c1-14-8-15(2)10-19(9-14)33(29,30)27-18(13-32-22(3,4)21(28)31-5)12-16-11-17(23(24,25)26)6-7-20(16)27/h6-12H,13H2,1-5H3. The van der Waals surface area contributed by atoms with Gasteiger partial charge >= 0.3 is 12.1 Å². The lowest BCUT2D eigenvalue weighted by atomic mass is 10.1. The van der Waals surface area contributed by atoms with Crippen LogP contribution in [0.25, 0.3) is 10.9 Å². The van der Waals surface area contributed by atoms with Crippen molar-refractivity contribution in [1.29, 1.82) is 0 Å². The van der Waals surface area contributed by atoms with Crippen LogP contribution < -0.4 is 0 Å². The van der Waals surface area contributed by atoms with Gasteiger partial charge in [0.2, 0.25) is 0 Å². The summed E-state index contributed by atoms with van der Waals surface area (Å²) in [6.07, 6.45) is -4.59. The molecule has 1 aromatic heterocycles. The van der Waals surface area contributed by atoms with Crippen LogP contribution in [0.1, 0.15) is 36.2 Å². The van der Waals surface area contributed by atoms with E-state index in [9.17, 15) is 26.4 Å². The van der Waals surface area contributed by atoms with Crippen molar-refractivity contribution >= 4 is 26.9 Å². The normalized spacial score (nSPS) is 12.8. The Bertz CT molecular complexity index is 1300. The summed E-state index contributed by atoms with van der Waals surface area (Å²) in [5, 5.41) is 0.0762. The Morgan fingerprint density at radius 2 is 1.61 bits per heavy atom. The van der Waals surface area contributed by atoms with E-state index in [1.165, 1.54) is 39.2 Å². The van der Waals surface area contributed by atoms with Crippen LogP contribution in [0.15, 0.2) is 47.4 Å².